The molecule has 130 valence electrons. The van der Waals surface area contributed by atoms with Crippen LogP contribution in [0.25, 0.3) is 0 Å². The Morgan fingerprint density at radius 3 is 2.39 bits per heavy atom. The number of likely N-dealkylation sites (tertiary alicyclic amines) is 1. The van der Waals surface area contributed by atoms with Gasteiger partial charge >= 0.3 is 6.18 Å². The maximum atomic E-state index is 12.5. The van der Waals surface area contributed by atoms with E-state index in [2.05, 4.69) is 10.4 Å². The van der Waals surface area contributed by atoms with E-state index < -0.39 is 11.9 Å². The van der Waals surface area contributed by atoms with E-state index in [1.165, 1.54) is 6.20 Å². The molecular weight excluding hydrogens is 333 g/mol. The zero-order valence-corrected chi connectivity index (χ0v) is 13.4. The second-order valence-electron chi connectivity index (χ2n) is 6.03. The Labute approximate surface area is 138 Å². The van der Waals surface area contributed by atoms with E-state index in [0.29, 0.717) is 24.9 Å². The third kappa shape index (κ3) is 4.17. The minimum Gasteiger partial charge on any atom is -0.341 e. The van der Waals surface area contributed by atoms with Crippen molar-refractivity contribution >= 4 is 18.3 Å². The molecule has 0 bridgehead atoms. The number of carbonyl (C=O) groups excluding carboxylic acids is 1. The summed E-state index contributed by atoms with van der Waals surface area (Å²) in [6, 6.07) is 0.895. The lowest BCUT2D eigenvalue weighted by atomic mass is 9.92. The number of fused-ring (bicyclic) bond motifs is 1. The molecule has 0 spiro atoms. The molecule has 2 aliphatic heterocycles. The third-order valence-electron chi connectivity index (χ3n) is 4.60. The number of nitrogens with zero attached hydrogens (tertiary/aromatic N) is 3. The molecule has 1 aromatic rings. The number of rotatable bonds is 2. The molecule has 2 saturated heterocycles. The molecule has 3 heterocycles. The van der Waals surface area contributed by atoms with Crippen LogP contribution in [0.15, 0.2) is 12.3 Å². The molecule has 0 radical (unpaired) electrons. The zero-order chi connectivity index (χ0) is 15.7. The molecule has 2 fully saturated rings. The first-order valence-electron chi connectivity index (χ1n) is 7.52. The van der Waals surface area contributed by atoms with Crippen LogP contribution in [0.4, 0.5) is 13.2 Å². The Balaban J connectivity index is 0.00000192. The van der Waals surface area contributed by atoms with Crippen LogP contribution in [0.3, 0.4) is 0 Å². The molecule has 2 atom stereocenters. The van der Waals surface area contributed by atoms with Crippen molar-refractivity contribution in [3.8, 4) is 0 Å². The molecule has 0 aliphatic carbocycles. The number of nitrogens with one attached hydrogen (secondary N) is 1. The monoisotopic (exact) mass is 352 g/mol. The minimum absolute atomic E-state index is 0. The summed E-state index contributed by atoms with van der Waals surface area (Å²) in [6.07, 6.45) is -1.36. The Hall–Kier alpha value is -1.28. The van der Waals surface area contributed by atoms with Crippen molar-refractivity contribution < 1.29 is 18.0 Å². The van der Waals surface area contributed by atoms with Crippen LogP contribution in [-0.2, 0) is 17.5 Å². The van der Waals surface area contributed by atoms with Crippen molar-refractivity contribution in [2.45, 2.75) is 25.6 Å². The Morgan fingerprint density at radius 2 is 1.87 bits per heavy atom. The van der Waals surface area contributed by atoms with E-state index in [4.69, 9.17) is 0 Å². The Kier molecular flexibility index (Phi) is 5.57. The lowest BCUT2D eigenvalue weighted by molar-refractivity contribution is -0.142. The van der Waals surface area contributed by atoms with Gasteiger partial charge in [-0.2, -0.15) is 18.3 Å². The van der Waals surface area contributed by atoms with Crippen LogP contribution in [0, 0.1) is 11.8 Å². The summed E-state index contributed by atoms with van der Waals surface area (Å²) < 4.78 is 38.6. The molecule has 1 amide bonds. The van der Waals surface area contributed by atoms with Crippen LogP contribution >= 0.6 is 12.4 Å². The summed E-state index contributed by atoms with van der Waals surface area (Å²) in [5.74, 6) is 1.06. The van der Waals surface area contributed by atoms with Crippen LogP contribution in [-0.4, -0.2) is 46.8 Å². The molecule has 5 nitrogen and oxygen atoms in total. The summed E-state index contributed by atoms with van der Waals surface area (Å²) in [4.78, 5) is 14.0. The van der Waals surface area contributed by atoms with Gasteiger partial charge in [0.15, 0.2) is 5.69 Å². The van der Waals surface area contributed by atoms with Gasteiger partial charge in [-0.3, -0.25) is 9.48 Å². The fourth-order valence-electron chi connectivity index (χ4n) is 3.31. The van der Waals surface area contributed by atoms with Crippen molar-refractivity contribution in [3.05, 3.63) is 18.0 Å². The number of carbonyl (C=O) groups is 1. The fourth-order valence-corrected chi connectivity index (χ4v) is 3.31. The van der Waals surface area contributed by atoms with Gasteiger partial charge in [0.25, 0.3) is 0 Å². The summed E-state index contributed by atoms with van der Waals surface area (Å²) in [7, 11) is 0. The van der Waals surface area contributed by atoms with E-state index in [1.807, 2.05) is 0 Å². The molecule has 9 heteroatoms. The van der Waals surface area contributed by atoms with Gasteiger partial charge in [0.2, 0.25) is 5.91 Å². The highest BCUT2D eigenvalue weighted by atomic mass is 35.5. The van der Waals surface area contributed by atoms with Crippen molar-refractivity contribution in [2.75, 3.05) is 26.2 Å². The first kappa shape index (κ1) is 18.1. The number of amides is 1. The summed E-state index contributed by atoms with van der Waals surface area (Å²) in [6.45, 7) is 3.22. The third-order valence-corrected chi connectivity index (χ3v) is 4.60. The van der Waals surface area contributed by atoms with E-state index >= 15 is 0 Å². The first-order chi connectivity index (χ1) is 10.4. The van der Waals surface area contributed by atoms with Crippen LogP contribution in [0.1, 0.15) is 18.5 Å². The minimum atomic E-state index is -4.47. The van der Waals surface area contributed by atoms with Crippen molar-refractivity contribution in [1.29, 1.82) is 0 Å². The normalized spacial score (nSPS) is 24.7. The smallest absolute Gasteiger partial charge is 0.341 e. The number of alkyl halides is 3. The maximum Gasteiger partial charge on any atom is 0.435 e. The van der Waals surface area contributed by atoms with Gasteiger partial charge in [-0.1, -0.05) is 0 Å². The molecule has 1 N–H and O–H groups in total. The zero-order valence-electron chi connectivity index (χ0n) is 12.6. The van der Waals surface area contributed by atoms with Gasteiger partial charge in [-0.05, 0) is 43.8 Å². The molecule has 0 aromatic carbocycles. The standard InChI is InChI=1S/C14H19F3N4O.ClH/c15-14(16,17)12-3-6-21(19-12)9-13(22)20-4-1-10-7-18-8-11(10)2-5-20;/h3,6,10-11,18H,1-2,4-5,7-9H2;1H/t10-,11+;. The van der Waals surface area contributed by atoms with Crippen molar-refractivity contribution in [2.24, 2.45) is 11.8 Å². The van der Waals surface area contributed by atoms with Gasteiger partial charge in [-0.15, -0.1) is 12.4 Å². The molecule has 1 aromatic heterocycles. The average Bonchev–Trinajstić information content (AvgIpc) is 3.04. The molecule has 23 heavy (non-hydrogen) atoms. The van der Waals surface area contributed by atoms with Crippen molar-refractivity contribution in [1.82, 2.24) is 20.0 Å². The Morgan fingerprint density at radius 1 is 1.26 bits per heavy atom. The Bertz CT molecular complexity index is 534. The predicted octanol–water partition coefficient (Wildman–Crippen LogP) is 1.78. The van der Waals surface area contributed by atoms with Crippen LogP contribution < -0.4 is 5.32 Å². The molecule has 0 unspecified atom stereocenters. The van der Waals surface area contributed by atoms with Crippen molar-refractivity contribution in [3.63, 3.8) is 0 Å². The lowest BCUT2D eigenvalue weighted by Gasteiger charge is -2.20. The van der Waals surface area contributed by atoms with Gasteiger partial charge in [0.05, 0.1) is 0 Å². The second-order valence-corrected chi connectivity index (χ2v) is 6.03. The summed E-state index contributed by atoms with van der Waals surface area (Å²) in [5.41, 5.74) is -0.961. The number of halogens is 4. The second kappa shape index (κ2) is 7.09. The van der Waals surface area contributed by atoms with E-state index in [9.17, 15) is 18.0 Å². The first-order valence-corrected chi connectivity index (χ1v) is 7.52. The largest absolute Gasteiger partial charge is 0.435 e. The highest BCUT2D eigenvalue weighted by Gasteiger charge is 2.34. The van der Waals surface area contributed by atoms with Crippen LogP contribution in [0.5, 0.6) is 0 Å². The van der Waals surface area contributed by atoms with E-state index in [0.717, 1.165) is 36.7 Å². The van der Waals surface area contributed by atoms with E-state index in [-0.39, 0.29) is 24.9 Å². The lowest BCUT2D eigenvalue weighted by Crippen LogP contribution is -2.35. The molecule has 3 rings (SSSR count). The van der Waals surface area contributed by atoms with Crippen LogP contribution in [0.2, 0.25) is 0 Å². The number of aromatic nitrogens is 2. The summed E-state index contributed by atoms with van der Waals surface area (Å²) >= 11 is 0. The van der Waals surface area contributed by atoms with Gasteiger partial charge in [0.1, 0.15) is 6.54 Å². The topological polar surface area (TPSA) is 50.2 Å². The summed E-state index contributed by atoms with van der Waals surface area (Å²) in [5, 5.41) is 6.80. The fraction of sp³-hybridized carbons (Fsp3) is 0.714. The van der Waals surface area contributed by atoms with E-state index in [1.54, 1.807) is 4.90 Å². The number of hydrogen-bond donors (Lipinski definition) is 1. The van der Waals surface area contributed by atoms with Gasteiger partial charge in [-0.25, -0.2) is 0 Å². The quantitative estimate of drug-likeness (QED) is 0.882. The SMILES string of the molecule is Cl.O=C(Cn1ccc(C(F)(F)F)n1)N1CC[C@@H]2CNC[C@@H]2CC1. The number of hydrogen-bond acceptors (Lipinski definition) is 3. The predicted molar refractivity (Wildman–Crippen MR) is 80.1 cm³/mol. The highest BCUT2D eigenvalue weighted by molar-refractivity contribution is 5.85. The highest BCUT2D eigenvalue weighted by Crippen LogP contribution is 2.28. The maximum absolute atomic E-state index is 12.5. The van der Waals surface area contributed by atoms with Gasteiger partial charge in [0, 0.05) is 19.3 Å². The van der Waals surface area contributed by atoms with Gasteiger partial charge < -0.3 is 10.2 Å². The molecule has 0 saturated carbocycles. The molecule has 2 aliphatic rings. The molecular formula is C14H20ClF3N4O. The average molecular weight is 353 g/mol.